The summed E-state index contributed by atoms with van der Waals surface area (Å²) < 4.78 is 5.20. The smallest absolute Gasteiger partial charge is 0.103 e. The van der Waals surface area contributed by atoms with Crippen LogP contribution < -0.4 is 0 Å². The lowest BCUT2D eigenvalue weighted by Gasteiger charge is -2.00. The SMILES string of the molecule is COC1=C(C)C(C)=C(C)C1. The van der Waals surface area contributed by atoms with Gasteiger partial charge in [-0.1, -0.05) is 5.57 Å². The second-order valence-electron chi connectivity index (χ2n) is 2.83. The Morgan fingerprint density at radius 2 is 1.70 bits per heavy atom. The van der Waals surface area contributed by atoms with Gasteiger partial charge in [-0.05, 0) is 31.9 Å². The van der Waals surface area contributed by atoms with Crippen LogP contribution in [0.4, 0.5) is 0 Å². The molecule has 1 aliphatic rings. The van der Waals surface area contributed by atoms with Crippen LogP contribution >= 0.6 is 0 Å². The molecule has 0 unspecified atom stereocenters. The minimum atomic E-state index is 1.01. The summed E-state index contributed by atoms with van der Waals surface area (Å²) in [5, 5.41) is 0. The number of hydrogen-bond donors (Lipinski definition) is 0. The van der Waals surface area contributed by atoms with Crippen molar-refractivity contribution in [2.45, 2.75) is 27.2 Å². The molecule has 56 valence electrons. The molecule has 1 rings (SSSR count). The molecule has 0 N–H and O–H groups in total. The van der Waals surface area contributed by atoms with Gasteiger partial charge in [0.05, 0.1) is 7.11 Å². The zero-order valence-electron chi connectivity index (χ0n) is 7.12. The van der Waals surface area contributed by atoms with Crippen molar-refractivity contribution >= 4 is 0 Å². The molecule has 0 aromatic rings. The van der Waals surface area contributed by atoms with Gasteiger partial charge < -0.3 is 4.74 Å². The fourth-order valence-corrected chi connectivity index (χ4v) is 1.26. The summed E-state index contributed by atoms with van der Waals surface area (Å²) in [6.07, 6.45) is 1.01. The zero-order valence-corrected chi connectivity index (χ0v) is 7.12. The monoisotopic (exact) mass is 138 g/mol. The van der Waals surface area contributed by atoms with Crippen LogP contribution in [0.3, 0.4) is 0 Å². The van der Waals surface area contributed by atoms with E-state index in [2.05, 4.69) is 20.8 Å². The van der Waals surface area contributed by atoms with E-state index in [4.69, 9.17) is 4.74 Å². The molecule has 1 nitrogen and oxygen atoms in total. The van der Waals surface area contributed by atoms with Crippen LogP contribution in [-0.2, 0) is 4.74 Å². The Labute approximate surface area is 62.4 Å². The summed E-state index contributed by atoms with van der Waals surface area (Å²) in [6.45, 7) is 6.42. The maximum atomic E-state index is 5.20. The van der Waals surface area contributed by atoms with Crippen molar-refractivity contribution < 1.29 is 4.74 Å². The van der Waals surface area contributed by atoms with Crippen LogP contribution in [0.1, 0.15) is 27.2 Å². The second kappa shape index (κ2) is 2.49. The lowest BCUT2D eigenvalue weighted by atomic mass is 10.1. The number of rotatable bonds is 1. The highest BCUT2D eigenvalue weighted by Crippen LogP contribution is 2.31. The van der Waals surface area contributed by atoms with E-state index in [9.17, 15) is 0 Å². The molecule has 0 radical (unpaired) electrons. The summed E-state index contributed by atoms with van der Waals surface area (Å²) in [5.74, 6) is 1.13. The zero-order chi connectivity index (χ0) is 7.72. The quantitative estimate of drug-likeness (QED) is 0.541. The third kappa shape index (κ3) is 0.962. The third-order valence-electron chi connectivity index (χ3n) is 2.29. The molecular weight excluding hydrogens is 124 g/mol. The number of ether oxygens (including phenoxy) is 1. The molecule has 0 saturated heterocycles. The second-order valence-corrected chi connectivity index (χ2v) is 2.83. The standard InChI is InChI=1S/C9H14O/c1-6-5-9(10-4)8(3)7(6)2/h5H2,1-4H3. The molecule has 0 aromatic carbocycles. The fourth-order valence-electron chi connectivity index (χ4n) is 1.26. The minimum Gasteiger partial charge on any atom is -0.500 e. The van der Waals surface area contributed by atoms with Crippen LogP contribution in [0, 0.1) is 0 Å². The third-order valence-corrected chi connectivity index (χ3v) is 2.29. The Morgan fingerprint density at radius 1 is 1.10 bits per heavy atom. The minimum absolute atomic E-state index is 1.01. The maximum absolute atomic E-state index is 5.20. The normalized spacial score (nSPS) is 18.8. The number of methoxy groups -OCH3 is 1. The van der Waals surface area contributed by atoms with E-state index in [0.717, 1.165) is 12.2 Å². The summed E-state index contributed by atoms with van der Waals surface area (Å²) in [5.41, 5.74) is 4.16. The Balaban J connectivity index is 2.89. The molecule has 0 aliphatic heterocycles. The molecule has 0 aromatic heterocycles. The Morgan fingerprint density at radius 3 is 1.90 bits per heavy atom. The van der Waals surface area contributed by atoms with Gasteiger partial charge in [-0.25, -0.2) is 0 Å². The summed E-state index contributed by atoms with van der Waals surface area (Å²) >= 11 is 0. The number of hydrogen-bond acceptors (Lipinski definition) is 1. The molecule has 0 spiro atoms. The molecule has 0 fully saturated rings. The van der Waals surface area contributed by atoms with Gasteiger partial charge in [0.25, 0.3) is 0 Å². The van der Waals surface area contributed by atoms with Gasteiger partial charge in [0.15, 0.2) is 0 Å². The molecular formula is C9H14O. The van der Waals surface area contributed by atoms with Crippen molar-refractivity contribution in [2.24, 2.45) is 0 Å². The van der Waals surface area contributed by atoms with Crippen molar-refractivity contribution in [3.05, 3.63) is 22.5 Å². The first-order valence-corrected chi connectivity index (χ1v) is 3.57. The van der Waals surface area contributed by atoms with Gasteiger partial charge in [-0.2, -0.15) is 0 Å². The molecule has 1 aliphatic carbocycles. The highest BCUT2D eigenvalue weighted by Gasteiger charge is 2.14. The highest BCUT2D eigenvalue weighted by molar-refractivity contribution is 5.41. The van der Waals surface area contributed by atoms with Crippen LogP contribution in [-0.4, -0.2) is 7.11 Å². The van der Waals surface area contributed by atoms with Crippen molar-refractivity contribution in [2.75, 3.05) is 7.11 Å². The molecule has 1 heteroatoms. The first-order valence-electron chi connectivity index (χ1n) is 3.57. The maximum Gasteiger partial charge on any atom is 0.103 e. The summed E-state index contributed by atoms with van der Waals surface area (Å²) in [7, 11) is 1.74. The average molecular weight is 138 g/mol. The van der Waals surface area contributed by atoms with E-state index in [0.29, 0.717) is 0 Å². The molecule has 0 amide bonds. The van der Waals surface area contributed by atoms with Crippen LogP contribution in [0.5, 0.6) is 0 Å². The van der Waals surface area contributed by atoms with E-state index < -0.39 is 0 Å². The van der Waals surface area contributed by atoms with E-state index in [-0.39, 0.29) is 0 Å². The van der Waals surface area contributed by atoms with Gasteiger partial charge in [-0.3, -0.25) is 0 Å². The molecule has 0 atom stereocenters. The largest absolute Gasteiger partial charge is 0.500 e. The first kappa shape index (κ1) is 7.39. The molecule has 0 bridgehead atoms. The van der Waals surface area contributed by atoms with E-state index >= 15 is 0 Å². The molecule has 0 heterocycles. The van der Waals surface area contributed by atoms with E-state index in [1.54, 1.807) is 7.11 Å². The van der Waals surface area contributed by atoms with E-state index in [1.807, 2.05) is 0 Å². The Bertz CT molecular complexity index is 209. The van der Waals surface area contributed by atoms with Crippen LogP contribution in [0.25, 0.3) is 0 Å². The highest BCUT2D eigenvalue weighted by atomic mass is 16.5. The first-order chi connectivity index (χ1) is 4.66. The predicted molar refractivity (Wildman–Crippen MR) is 42.7 cm³/mol. The topological polar surface area (TPSA) is 9.23 Å². The van der Waals surface area contributed by atoms with Crippen molar-refractivity contribution in [3.8, 4) is 0 Å². The number of allylic oxidation sites excluding steroid dienone is 3. The molecule has 0 saturated carbocycles. The van der Waals surface area contributed by atoms with Crippen LogP contribution in [0.2, 0.25) is 0 Å². The summed E-state index contributed by atoms with van der Waals surface area (Å²) in [4.78, 5) is 0. The van der Waals surface area contributed by atoms with E-state index in [1.165, 1.54) is 16.7 Å². The van der Waals surface area contributed by atoms with Gasteiger partial charge >= 0.3 is 0 Å². The van der Waals surface area contributed by atoms with Gasteiger partial charge in [0.2, 0.25) is 0 Å². The van der Waals surface area contributed by atoms with Gasteiger partial charge in [0.1, 0.15) is 5.76 Å². The lowest BCUT2D eigenvalue weighted by molar-refractivity contribution is 0.282. The van der Waals surface area contributed by atoms with Gasteiger partial charge in [0, 0.05) is 6.42 Å². The van der Waals surface area contributed by atoms with Gasteiger partial charge in [-0.15, -0.1) is 0 Å². The fraction of sp³-hybridized carbons (Fsp3) is 0.556. The predicted octanol–water partition coefficient (Wildman–Crippen LogP) is 2.65. The Hall–Kier alpha value is -0.720. The van der Waals surface area contributed by atoms with Crippen molar-refractivity contribution in [3.63, 3.8) is 0 Å². The van der Waals surface area contributed by atoms with Crippen LogP contribution in [0.15, 0.2) is 22.5 Å². The summed E-state index contributed by atoms with van der Waals surface area (Å²) in [6, 6.07) is 0. The Kier molecular flexibility index (Phi) is 1.84. The average Bonchev–Trinajstić information content (AvgIpc) is 2.17. The lowest BCUT2D eigenvalue weighted by Crippen LogP contribution is -1.84. The van der Waals surface area contributed by atoms with Crippen molar-refractivity contribution in [1.82, 2.24) is 0 Å². The van der Waals surface area contributed by atoms with Crippen molar-refractivity contribution in [1.29, 1.82) is 0 Å². The molecule has 10 heavy (non-hydrogen) atoms.